The first-order valence-corrected chi connectivity index (χ1v) is 11.0. The highest BCUT2D eigenvalue weighted by atomic mass is 32.2. The van der Waals surface area contributed by atoms with Crippen molar-refractivity contribution in [2.75, 3.05) is 11.1 Å². The summed E-state index contributed by atoms with van der Waals surface area (Å²) in [6, 6.07) is 9.82. The smallest absolute Gasteiger partial charge is 0.316 e. The van der Waals surface area contributed by atoms with E-state index in [1.54, 1.807) is 0 Å². The van der Waals surface area contributed by atoms with E-state index in [2.05, 4.69) is 16.7 Å². The second-order valence-electron chi connectivity index (χ2n) is 6.82. The monoisotopic (exact) mass is 427 g/mol. The van der Waals surface area contributed by atoms with Gasteiger partial charge in [0.15, 0.2) is 0 Å². The maximum Gasteiger partial charge on any atom is 0.442 e. The lowest BCUT2D eigenvalue weighted by molar-refractivity contribution is -0.704. The molecule has 0 saturated heterocycles. The lowest BCUT2D eigenvalue weighted by atomic mass is 9.96. The fourth-order valence-corrected chi connectivity index (χ4v) is 5.35. The van der Waals surface area contributed by atoms with Crippen LogP contribution in [-0.2, 0) is 17.6 Å². The minimum Gasteiger partial charge on any atom is -0.316 e. The SMILES string of the molecule is Cc1ccc(-[n+]2[nH]oc(=O)c2SCC(=O)Nc2sc3c(c2C#N)CCCC3)cc1. The molecular formula is C20H19N4O3S2+. The van der Waals surface area contributed by atoms with Crippen molar-refractivity contribution in [2.24, 2.45) is 0 Å². The summed E-state index contributed by atoms with van der Waals surface area (Å²) in [6.07, 6.45) is 4.04. The third-order valence-electron chi connectivity index (χ3n) is 4.78. The van der Waals surface area contributed by atoms with Crippen LogP contribution in [0.3, 0.4) is 0 Å². The summed E-state index contributed by atoms with van der Waals surface area (Å²) in [5.74, 6) is -0.233. The van der Waals surface area contributed by atoms with Crippen LogP contribution in [0, 0.1) is 18.3 Å². The number of rotatable bonds is 5. The number of hydrogen-bond acceptors (Lipinski definition) is 6. The number of hydrogen-bond donors (Lipinski definition) is 2. The lowest BCUT2D eigenvalue weighted by Gasteiger charge is -2.09. The van der Waals surface area contributed by atoms with E-state index < -0.39 is 5.63 Å². The maximum absolute atomic E-state index is 12.5. The second-order valence-corrected chi connectivity index (χ2v) is 8.89. The number of aromatic nitrogens is 2. The number of fused-ring (bicyclic) bond motifs is 1. The Hall–Kier alpha value is -2.83. The molecule has 0 aliphatic heterocycles. The van der Waals surface area contributed by atoms with E-state index in [1.165, 1.54) is 20.9 Å². The zero-order valence-electron chi connectivity index (χ0n) is 15.8. The number of thiophene rings is 1. The molecule has 4 rings (SSSR count). The lowest BCUT2D eigenvalue weighted by Crippen LogP contribution is -2.36. The van der Waals surface area contributed by atoms with Crippen LogP contribution in [0.25, 0.3) is 5.69 Å². The first kappa shape index (κ1) is 19.5. The number of nitrogens with zero attached hydrogens (tertiary/aromatic N) is 2. The molecule has 29 heavy (non-hydrogen) atoms. The van der Waals surface area contributed by atoms with Crippen molar-refractivity contribution in [3.63, 3.8) is 0 Å². The fourth-order valence-electron chi connectivity index (χ4n) is 3.32. The van der Waals surface area contributed by atoms with Gasteiger partial charge in [-0.05, 0) is 59.9 Å². The maximum atomic E-state index is 12.5. The molecule has 2 N–H and O–H groups in total. The Labute approximate surface area is 175 Å². The van der Waals surface area contributed by atoms with Gasteiger partial charge in [-0.3, -0.25) is 9.32 Å². The number of H-pyrrole nitrogens is 1. The number of aromatic amines is 1. The van der Waals surface area contributed by atoms with Gasteiger partial charge in [-0.1, -0.05) is 17.7 Å². The largest absolute Gasteiger partial charge is 0.442 e. The molecule has 7 nitrogen and oxygen atoms in total. The van der Waals surface area contributed by atoms with Gasteiger partial charge in [-0.2, -0.15) is 5.26 Å². The van der Waals surface area contributed by atoms with Crippen LogP contribution in [0.1, 0.15) is 34.4 Å². The van der Waals surface area contributed by atoms with Crippen LogP contribution < -0.4 is 15.6 Å². The van der Waals surface area contributed by atoms with E-state index in [4.69, 9.17) is 4.52 Å². The van der Waals surface area contributed by atoms with Crippen molar-refractivity contribution in [2.45, 2.75) is 37.6 Å². The van der Waals surface area contributed by atoms with Crippen LogP contribution in [0.2, 0.25) is 0 Å². The third kappa shape index (κ3) is 3.99. The molecule has 0 spiro atoms. The number of carbonyl (C=O) groups is 1. The summed E-state index contributed by atoms with van der Waals surface area (Å²) >= 11 is 2.58. The van der Waals surface area contributed by atoms with Gasteiger partial charge >= 0.3 is 10.7 Å². The molecule has 9 heteroatoms. The molecule has 0 fully saturated rings. The summed E-state index contributed by atoms with van der Waals surface area (Å²) in [4.78, 5) is 25.8. The van der Waals surface area contributed by atoms with E-state index in [-0.39, 0.29) is 16.7 Å². The molecule has 1 aliphatic carbocycles. The van der Waals surface area contributed by atoms with Gasteiger partial charge < -0.3 is 5.32 Å². The molecule has 2 heterocycles. The Balaban J connectivity index is 1.48. The van der Waals surface area contributed by atoms with Crippen LogP contribution in [0.4, 0.5) is 5.00 Å². The molecule has 0 radical (unpaired) electrons. The second kappa shape index (κ2) is 8.27. The predicted molar refractivity (Wildman–Crippen MR) is 111 cm³/mol. The number of nitrogens with one attached hydrogen (secondary N) is 2. The number of benzene rings is 1. The minimum atomic E-state index is -0.535. The first-order chi connectivity index (χ1) is 14.1. The van der Waals surface area contributed by atoms with Crippen molar-refractivity contribution < 1.29 is 14.0 Å². The van der Waals surface area contributed by atoms with Crippen LogP contribution in [0.15, 0.2) is 38.6 Å². The van der Waals surface area contributed by atoms with Gasteiger partial charge in [0.25, 0.3) is 0 Å². The van der Waals surface area contributed by atoms with Crippen molar-refractivity contribution in [1.82, 2.24) is 5.27 Å². The van der Waals surface area contributed by atoms with E-state index in [9.17, 15) is 14.9 Å². The minimum absolute atomic E-state index is 0.0297. The van der Waals surface area contributed by atoms with Gasteiger partial charge in [0.1, 0.15) is 11.1 Å². The normalized spacial score (nSPS) is 13.0. The Bertz CT molecular complexity index is 1150. The topological polar surface area (TPSA) is 103 Å². The van der Waals surface area contributed by atoms with Crippen molar-refractivity contribution in [3.05, 3.63) is 56.3 Å². The Morgan fingerprint density at radius 1 is 1.34 bits per heavy atom. The number of anilines is 1. The number of nitriles is 1. The zero-order valence-corrected chi connectivity index (χ0v) is 17.4. The van der Waals surface area contributed by atoms with E-state index in [0.717, 1.165) is 54.3 Å². The molecule has 1 aliphatic rings. The summed E-state index contributed by atoms with van der Waals surface area (Å²) in [7, 11) is 0. The van der Waals surface area contributed by atoms with Crippen LogP contribution in [0.5, 0.6) is 0 Å². The molecule has 3 aromatic rings. The fraction of sp³-hybridized carbons (Fsp3) is 0.300. The standard InChI is InChI=1S/C20H18N4O3S2/c1-12-6-8-13(9-7-12)24-19(20(26)27-23-24)28-11-17(25)22-18-15(10-21)14-4-2-3-5-16(14)29-18/h6-9H,2-5,11H2,1H3,(H-,22,23,25,26)/p+1. The quantitative estimate of drug-likeness (QED) is 0.481. The number of carbonyl (C=O) groups excluding carboxylic acids is 1. The van der Waals surface area contributed by atoms with Gasteiger partial charge in [-0.25, -0.2) is 4.79 Å². The van der Waals surface area contributed by atoms with Gasteiger partial charge in [0, 0.05) is 17.0 Å². The molecule has 1 amide bonds. The van der Waals surface area contributed by atoms with Crippen LogP contribution in [-0.4, -0.2) is 16.9 Å². The van der Waals surface area contributed by atoms with Gasteiger partial charge in [-0.15, -0.1) is 11.3 Å². The highest BCUT2D eigenvalue weighted by Gasteiger charge is 2.26. The Morgan fingerprint density at radius 3 is 2.86 bits per heavy atom. The molecule has 0 bridgehead atoms. The highest BCUT2D eigenvalue weighted by Crippen LogP contribution is 2.37. The molecule has 1 aromatic carbocycles. The number of aryl methyl sites for hydroxylation is 2. The van der Waals surface area contributed by atoms with E-state index >= 15 is 0 Å². The molecule has 2 aromatic heterocycles. The Morgan fingerprint density at radius 2 is 2.10 bits per heavy atom. The average molecular weight is 428 g/mol. The molecule has 0 saturated carbocycles. The summed E-state index contributed by atoms with van der Waals surface area (Å²) in [5, 5.41) is 15.8. The van der Waals surface area contributed by atoms with E-state index in [0.29, 0.717) is 10.6 Å². The Kier molecular flexibility index (Phi) is 5.56. The third-order valence-corrected chi connectivity index (χ3v) is 7.01. The summed E-state index contributed by atoms with van der Waals surface area (Å²) in [6.45, 7) is 1.98. The molecule has 0 atom stereocenters. The summed E-state index contributed by atoms with van der Waals surface area (Å²) in [5.41, 5.74) is 2.96. The van der Waals surface area contributed by atoms with Gasteiger partial charge in [0.2, 0.25) is 11.6 Å². The van der Waals surface area contributed by atoms with E-state index in [1.807, 2.05) is 31.2 Å². The first-order valence-electron chi connectivity index (χ1n) is 9.24. The van der Waals surface area contributed by atoms with Crippen molar-refractivity contribution in [1.29, 1.82) is 5.26 Å². The number of thioether (sulfide) groups is 1. The highest BCUT2D eigenvalue weighted by molar-refractivity contribution is 7.99. The molecular weight excluding hydrogens is 408 g/mol. The predicted octanol–water partition coefficient (Wildman–Crippen LogP) is 3.10. The van der Waals surface area contributed by atoms with Crippen molar-refractivity contribution >= 4 is 34.0 Å². The molecule has 0 unspecified atom stereocenters. The number of amides is 1. The van der Waals surface area contributed by atoms with Crippen LogP contribution >= 0.6 is 23.1 Å². The average Bonchev–Trinajstić information content (AvgIpc) is 3.26. The van der Waals surface area contributed by atoms with Gasteiger partial charge in [0.05, 0.1) is 11.3 Å². The van der Waals surface area contributed by atoms with Crippen molar-refractivity contribution in [3.8, 4) is 11.8 Å². The molecule has 148 valence electrons. The zero-order chi connectivity index (χ0) is 20.4. The summed E-state index contributed by atoms with van der Waals surface area (Å²) < 4.78 is 6.43.